The van der Waals surface area contributed by atoms with E-state index in [0.29, 0.717) is 10.4 Å². The number of benzene rings is 2. The standard InChI is InChI=1S/C16H15BrN2O2/c17-14-9-8-13(10-15(14)19(20)21)18-16(12-6-7-12)11-4-2-1-3-5-11/h1-5,8-10,12,16,18H,6-7H2. The smallest absolute Gasteiger partial charge is 0.285 e. The monoisotopic (exact) mass is 346 g/mol. The van der Waals surface area contributed by atoms with Crippen LogP contribution in [0.2, 0.25) is 0 Å². The van der Waals surface area contributed by atoms with Gasteiger partial charge in [0.2, 0.25) is 0 Å². The zero-order valence-electron chi connectivity index (χ0n) is 11.3. The molecule has 108 valence electrons. The van der Waals surface area contributed by atoms with Crippen molar-refractivity contribution in [2.75, 3.05) is 5.32 Å². The lowest BCUT2D eigenvalue weighted by atomic mass is 10.0. The van der Waals surface area contributed by atoms with Crippen LogP contribution in [0.4, 0.5) is 11.4 Å². The van der Waals surface area contributed by atoms with E-state index >= 15 is 0 Å². The zero-order valence-corrected chi connectivity index (χ0v) is 12.9. The van der Waals surface area contributed by atoms with Crippen molar-refractivity contribution in [3.63, 3.8) is 0 Å². The Morgan fingerprint density at radius 1 is 1.19 bits per heavy atom. The van der Waals surface area contributed by atoms with E-state index in [1.54, 1.807) is 12.1 Å². The van der Waals surface area contributed by atoms with Gasteiger partial charge in [-0.05, 0) is 52.4 Å². The number of nitro benzene ring substituents is 1. The summed E-state index contributed by atoms with van der Waals surface area (Å²) < 4.78 is 0.501. The molecule has 0 amide bonds. The molecule has 1 unspecified atom stereocenters. The fourth-order valence-electron chi connectivity index (χ4n) is 2.49. The molecule has 2 aromatic carbocycles. The average molecular weight is 347 g/mol. The van der Waals surface area contributed by atoms with Gasteiger partial charge in [0.15, 0.2) is 0 Å². The summed E-state index contributed by atoms with van der Waals surface area (Å²) in [7, 11) is 0. The predicted octanol–water partition coefficient (Wildman–Crippen LogP) is 4.92. The van der Waals surface area contributed by atoms with Crippen LogP contribution in [0.25, 0.3) is 0 Å². The predicted molar refractivity (Wildman–Crippen MR) is 86.3 cm³/mol. The summed E-state index contributed by atoms with van der Waals surface area (Å²) in [6.45, 7) is 0. The summed E-state index contributed by atoms with van der Waals surface area (Å²) in [6.07, 6.45) is 2.40. The second-order valence-electron chi connectivity index (χ2n) is 5.29. The van der Waals surface area contributed by atoms with E-state index in [9.17, 15) is 10.1 Å². The summed E-state index contributed by atoms with van der Waals surface area (Å²) in [5, 5.41) is 14.5. The van der Waals surface area contributed by atoms with Crippen LogP contribution >= 0.6 is 15.9 Å². The molecule has 5 heteroatoms. The Balaban J connectivity index is 1.87. The number of nitro groups is 1. The Morgan fingerprint density at radius 3 is 2.52 bits per heavy atom. The molecule has 0 aromatic heterocycles. The largest absolute Gasteiger partial charge is 0.378 e. The van der Waals surface area contributed by atoms with E-state index in [1.807, 2.05) is 24.3 Å². The third-order valence-corrected chi connectivity index (χ3v) is 4.39. The molecule has 1 atom stereocenters. The van der Waals surface area contributed by atoms with Crippen LogP contribution in [0.15, 0.2) is 53.0 Å². The van der Waals surface area contributed by atoms with Gasteiger partial charge in [-0.15, -0.1) is 0 Å². The first-order chi connectivity index (χ1) is 10.1. The van der Waals surface area contributed by atoms with Gasteiger partial charge in [0.25, 0.3) is 5.69 Å². The van der Waals surface area contributed by atoms with Gasteiger partial charge in [-0.2, -0.15) is 0 Å². The van der Waals surface area contributed by atoms with Crippen LogP contribution in [0, 0.1) is 16.0 Å². The van der Waals surface area contributed by atoms with Crippen molar-refractivity contribution >= 4 is 27.3 Å². The lowest BCUT2D eigenvalue weighted by Gasteiger charge is -2.20. The van der Waals surface area contributed by atoms with Gasteiger partial charge in [-0.25, -0.2) is 0 Å². The van der Waals surface area contributed by atoms with Crippen molar-refractivity contribution in [1.82, 2.24) is 0 Å². The number of anilines is 1. The minimum absolute atomic E-state index is 0.0857. The van der Waals surface area contributed by atoms with Crippen molar-refractivity contribution in [2.45, 2.75) is 18.9 Å². The molecule has 0 spiro atoms. The number of halogens is 1. The Labute approximate surface area is 131 Å². The molecule has 1 fully saturated rings. The summed E-state index contributed by atoms with van der Waals surface area (Å²) in [5.74, 6) is 0.607. The maximum absolute atomic E-state index is 11.0. The fraction of sp³-hybridized carbons (Fsp3) is 0.250. The van der Waals surface area contributed by atoms with E-state index < -0.39 is 0 Å². The highest BCUT2D eigenvalue weighted by Gasteiger charge is 2.32. The highest BCUT2D eigenvalue weighted by atomic mass is 79.9. The first-order valence-electron chi connectivity index (χ1n) is 6.90. The van der Waals surface area contributed by atoms with Crippen LogP contribution in [0.3, 0.4) is 0 Å². The molecule has 1 saturated carbocycles. The van der Waals surface area contributed by atoms with Crippen molar-refractivity contribution in [1.29, 1.82) is 0 Å². The van der Waals surface area contributed by atoms with E-state index in [0.717, 1.165) is 5.69 Å². The van der Waals surface area contributed by atoms with Gasteiger partial charge in [-0.3, -0.25) is 10.1 Å². The average Bonchev–Trinajstić information content (AvgIpc) is 3.31. The van der Waals surface area contributed by atoms with Gasteiger partial charge >= 0.3 is 0 Å². The van der Waals surface area contributed by atoms with E-state index in [2.05, 4.69) is 33.4 Å². The molecule has 1 aliphatic carbocycles. The van der Waals surface area contributed by atoms with Crippen molar-refractivity contribution in [2.24, 2.45) is 5.92 Å². The highest BCUT2D eigenvalue weighted by molar-refractivity contribution is 9.10. The first kappa shape index (κ1) is 14.1. The van der Waals surface area contributed by atoms with Crippen molar-refractivity contribution < 1.29 is 4.92 Å². The maximum Gasteiger partial charge on any atom is 0.285 e. The molecule has 0 radical (unpaired) electrons. The molecular weight excluding hydrogens is 332 g/mol. The van der Waals surface area contributed by atoms with Gasteiger partial charge in [0.05, 0.1) is 15.4 Å². The molecule has 1 N–H and O–H groups in total. The van der Waals surface area contributed by atoms with Crippen LogP contribution < -0.4 is 5.32 Å². The molecule has 0 saturated heterocycles. The minimum atomic E-state index is -0.371. The number of hydrogen-bond acceptors (Lipinski definition) is 3. The highest BCUT2D eigenvalue weighted by Crippen LogP contribution is 2.43. The molecular formula is C16H15BrN2O2. The quantitative estimate of drug-likeness (QED) is 0.617. The van der Waals surface area contributed by atoms with E-state index in [1.165, 1.54) is 18.4 Å². The topological polar surface area (TPSA) is 55.2 Å². The van der Waals surface area contributed by atoms with Crippen LogP contribution in [-0.2, 0) is 0 Å². The van der Waals surface area contributed by atoms with Crippen molar-refractivity contribution in [3.8, 4) is 0 Å². The first-order valence-corrected chi connectivity index (χ1v) is 7.70. The Morgan fingerprint density at radius 2 is 1.90 bits per heavy atom. The third-order valence-electron chi connectivity index (χ3n) is 3.72. The summed E-state index contributed by atoms with van der Waals surface area (Å²) >= 11 is 3.21. The van der Waals surface area contributed by atoms with Crippen LogP contribution in [-0.4, -0.2) is 4.92 Å². The zero-order chi connectivity index (χ0) is 14.8. The summed E-state index contributed by atoms with van der Waals surface area (Å²) in [5.41, 5.74) is 2.10. The minimum Gasteiger partial charge on any atom is -0.378 e. The SMILES string of the molecule is O=[N+]([O-])c1cc(NC(c2ccccc2)C2CC2)ccc1Br. The van der Waals surface area contributed by atoms with Crippen molar-refractivity contribution in [3.05, 3.63) is 68.7 Å². The lowest BCUT2D eigenvalue weighted by Crippen LogP contribution is -2.13. The molecule has 2 aromatic rings. The van der Waals surface area contributed by atoms with Gasteiger partial charge < -0.3 is 5.32 Å². The maximum atomic E-state index is 11.0. The molecule has 21 heavy (non-hydrogen) atoms. The summed E-state index contributed by atoms with van der Waals surface area (Å²) in [4.78, 5) is 10.7. The molecule has 0 heterocycles. The second-order valence-corrected chi connectivity index (χ2v) is 6.15. The fourth-order valence-corrected chi connectivity index (χ4v) is 2.88. The Hall–Kier alpha value is -1.88. The number of nitrogens with one attached hydrogen (secondary N) is 1. The summed E-state index contributed by atoms with van der Waals surface area (Å²) in [6, 6.07) is 15.6. The molecule has 1 aliphatic rings. The van der Waals surface area contributed by atoms with Gasteiger partial charge in [0.1, 0.15) is 0 Å². The number of nitrogens with zero attached hydrogens (tertiary/aromatic N) is 1. The van der Waals surface area contributed by atoms with Crippen LogP contribution in [0.5, 0.6) is 0 Å². The molecule has 0 bridgehead atoms. The van der Waals surface area contributed by atoms with Crippen LogP contribution in [0.1, 0.15) is 24.4 Å². The Kier molecular flexibility index (Phi) is 3.92. The Bertz CT molecular complexity index is 657. The molecule has 3 rings (SSSR count). The van der Waals surface area contributed by atoms with E-state index in [4.69, 9.17) is 0 Å². The normalized spacial score (nSPS) is 15.5. The third kappa shape index (κ3) is 3.24. The second kappa shape index (κ2) is 5.85. The van der Waals surface area contributed by atoms with Gasteiger partial charge in [0, 0.05) is 11.8 Å². The molecule has 4 nitrogen and oxygen atoms in total. The molecule has 0 aliphatic heterocycles. The number of hydrogen-bond donors (Lipinski definition) is 1. The van der Waals surface area contributed by atoms with E-state index in [-0.39, 0.29) is 16.7 Å². The lowest BCUT2D eigenvalue weighted by molar-refractivity contribution is -0.385. The van der Waals surface area contributed by atoms with Gasteiger partial charge in [-0.1, -0.05) is 30.3 Å². The number of rotatable bonds is 5.